The lowest BCUT2D eigenvalue weighted by molar-refractivity contribution is -0.179. The molecule has 7 heteroatoms. The largest absolute Gasteiger partial charge is 0.391 e. The van der Waals surface area contributed by atoms with Crippen molar-refractivity contribution >= 4 is 11.6 Å². The molecule has 1 N–H and O–H groups in total. The normalized spacial score (nSPS) is 17.9. The van der Waals surface area contributed by atoms with Gasteiger partial charge in [0.05, 0.1) is 18.3 Å². The Hall–Kier alpha value is -1.53. The molecule has 0 atom stereocenters. The van der Waals surface area contributed by atoms with Gasteiger partial charge in [0.1, 0.15) is 11.6 Å². The standard InChI is InChI=1S/C11H15F3N4/c1-15-9-6-16-7-10(17-9)18-4-2-8(3-5-18)11(12,13)14/h6-8H,2-5H2,1H3,(H,15,17). The van der Waals surface area contributed by atoms with E-state index in [2.05, 4.69) is 15.3 Å². The minimum atomic E-state index is -4.08. The van der Waals surface area contributed by atoms with Gasteiger partial charge >= 0.3 is 6.18 Å². The van der Waals surface area contributed by atoms with E-state index < -0.39 is 12.1 Å². The molecule has 0 amide bonds. The first-order valence-corrected chi connectivity index (χ1v) is 5.82. The van der Waals surface area contributed by atoms with Crippen molar-refractivity contribution < 1.29 is 13.2 Å². The Morgan fingerprint density at radius 2 is 1.94 bits per heavy atom. The lowest BCUT2D eigenvalue weighted by Gasteiger charge is -2.33. The van der Waals surface area contributed by atoms with E-state index in [1.807, 2.05) is 4.90 Å². The Morgan fingerprint density at radius 3 is 2.50 bits per heavy atom. The third kappa shape index (κ3) is 2.83. The lowest BCUT2D eigenvalue weighted by Crippen LogP contribution is -2.39. The molecule has 0 aliphatic carbocycles. The molecule has 18 heavy (non-hydrogen) atoms. The second-order valence-electron chi connectivity index (χ2n) is 4.32. The van der Waals surface area contributed by atoms with E-state index >= 15 is 0 Å². The van der Waals surface area contributed by atoms with Crippen LogP contribution in [0, 0.1) is 5.92 Å². The van der Waals surface area contributed by atoms with E-state index in [4.69, 9.17) is 0 Å². The molecule has 1 aliphatic rings. The summed E-state index contributed by atoms with van der Waals surface area (Å²) in [6.45, 7) is 0.734. The fourth-order valence-electron chi connectivity index (χ4n) is 2.06. The van der Waals surface area contributed by atoms with E-state index in [0.717, 1.165) is 0 Å². The van der Waals surface area contributed by atoms with E-state index in [0.29, 0.717) is 24.7 Å². The number of alkyl halides is 3. The maximum atomic E-state index is 12.5. The number of rotatable bonds is 2. The molecule has 1 fully saturated rings. The minimum absolute atomic E-state index is 0.120. The maximum absolute atomic E-state index is 12.5. The van der Waals surface area contributed by atoms with Gasteiger partial charge < -0.3 is 10.2 Å². The summed E-state index contributed by atoms with van der Waals surface area (Å²) in [4.78, 5) is 10.1. The third-order valence-electron chi connectivity index (χ3n) is 3.16. The van der Waals surface area contributed by atoms with Crippen LogP contribution in [-0.4, -0.2) is 36.3 Å². The first-order chi connectivity index (χ1) is 8.50. The maximum Gasteiger partial charge on any atom is 0.391 e. The highest BCUT2D eigenvalue weighted by Gasteiger charge is 2.41. The zero-order valence-electron chi connectivity index (χ0n) is 10.0. The van der Waals surface area contributed by atoms with Crippen molar-refractivity contribution in [1.29, 1.82) is 0 Å². The van der Waals surface area contributed by atoms with Crippen LogP contribution in [0.25, 0.3) is 0 Å². The van der Waals surface area contributed by atoms with Crippen molar-refractivity contribution in [2.75, 3.05) is 30.4 Å². The van der Waals surface area contributed by atoms with E-state index in [9.17, 15) is 13.2 Å². The van der Waals surface area contributed by atoms with Gasteiger partial charge in [0, 0.05) is 20.1 Å². The summed E-state index contributed by atoms with van der Waals surface area (Å²) in [6, 6.07) is 0. The summed E-state index contributed by atoms with van der Waals surface area (Å²) in [7, 11) is 1.73. The zero-order chi connectivity index (χ0) is 13.2. The summed E-state index contributed by atoms with van der Waals surface area (Å²) >= 11 is 0. The summed E-state index contributed by atoms with van der Waals surface area (Å²) in [5.74, 6) is 0.0575. The number of hydrogen-bond acceptors (Lipinski definition) is 4. The lowest BCUT2D eigenvalue weighted by atomic mass is 9.96. The van der Waals surface area contributed by atoms with E-state index in [1.165, 1.54) is 0 Å². The van der Waals surface area contributed by atoms with Gasteiger partial charge in [-0.15, -0.1) is 0 Å². The number of aromatic nitrogens is 2. The van der Waals surface area contributed by atoms with Gasteiger partial charge in [0.25, 0.3) is 0 Å². The number of anilines is 2. The highest BCUT2D eigenvalue weighted by atomic mass is 19.4. The second-order valence-corrected chi connectivity index (χ2v) is 4.32. The van der Waals surface area contributed by atoms with Crippen LogP contribution in [0.2, 0.25) is 0 Å². The molecule has 1 aromatic heterocycles. The van der Waals surface area contributed by atoms with E-state index in [1.54, 1.807) is 19.4 Å². The Bertz CT molecular complexity index is 400. The molecule has 0 saturated carbocycles. The van der Waals surface area contributed by atoms with Crippen molar-refractivity contribution in [2.45, 2.75) is 19.0 Å². The predicted octanol–water partition coefficient (Wildman–Crippen LogP) is 2.30. The summed E-state index contributed by atoms with van der Waals surface area (Å²) in [5, 5.41) is 2.86. The predicted molar refractivity (Wildman–Crippen MR) is 62.6 cm³/mol. The molecule has 0 aromatic carbocycles. The van der Waals surface area contributed by atoms with Crippen molar-refractivity contribution in [1.82, 2.24) is 9.97 Å². The summed E-state index contributed by atoms with van der Waals surface area (Å²) in [6.07, 6.45) is -0.685. The Morgan fingerprint density at radius 1 is 1.28 bits per heavy atom. The van der Waals surface area contributed by atoms with Crippen LogP contribution in [0.15, 0.2) is 12.4 Å². The highest BCUT2D eigenvalue weighted by Crippen LogP contribution is 2.34. The van der Waals surface area contributed by atoms with Crippen LogP contribution in [0.1, 0.15) is 12.8 Å². The molecule has 2 rings (SSSR count). The van der Waals surface area contributed by atoms with Gasteiger partial charge in [0.2, 0.25) is 0 Å². The average Bonchev–Trinajstić information content (AvgIpc) is 2.38. The molecule has 0 spiro atoms. The molecule has 2 heterocycles. The van der Waals surface area contributed by atoms with Crippen LogP contribution < -0.4 is 10.2 Å². The smallest absolute Gasteiger partial charge is 0.372 e. The van der Waals surface area contributed by atoms with Gasteiger partial charge in [-0.25, -0.2) is 4.98 Å². The van der Waals surface area contributed by atoms with Crippen LogP contribution >= 0.6 is 0 Å². The number of nitrogens with zero attached hydrogens (tertiary/aromatic N) is 3. The first kappa shape index (κ1) is 12.9. The number of piperidine rings is 1. The summed E-state index contributed by atoms with van der Waals surface area (Å²) < 4.78 is 37.6. The van der Waals surface area contributed by atoms with Crippen molar-refractivity contribution in [3.63, 3.8) is 0 Å². The minimum Gasteiger partial charge on any atom is -0.372 e. The quantitative estimate of drug-likeness (QED) is 0.885. The Labute approximate surface area is 103 Å². The molecular formula is C11H15F3N4. The van der Waals surface area contributed by atoms with Crippen LogP contribution in [0.3, 0.4) is 0 Å². The van der Waals surface area contributed by atoms with Gasteiger partial charge in [-0.2, -0.15) is 13.2 Å². The highest BCUT2D eigenvalue weighted by molar-refractivity contribution is 5.43. The van der Waals surface area contributed by atoms with Crippen LogP contribution in [-0.2, 0) is 0 Å². The van der Waals surface area contributed by atoms with Gasteiger partial charge in [-0.05, 0) is 12.8 Å². The zero-order valence-corrected chi connectivity index (χ0v) is 10.0. The Kier molecular flexibility index (Phi) is 3.58. The molecule has 0 radical (unpaired) electrons. The molecule has 0 bridgehead atoms. The average molecular weight is 260 g/mol. The van der Waals surface area contributed by atoms with Crippen LogP contribution in [0.5, 0.6) is 0 Å². The molecule has 4 nitrogen and oxygen atoms in total. The molecule has 0 unspecified atom stereocenters. The topological polar surface area (TPSA) is 41.1 Å². The second kappa shape index (κ2) is 4.99. The number of nitrogens with one attached hydrogen (secondary N) is 1. The molecular weight excluding hydrogens is 245 g/mol. The fourth-order valence-corrected chi connectivity index (χ4v) is 2.06. The molecule has 1 aliphatic heterocycles. The fraction of sp³-hybridized carbons (Fsp3) is 0.636. The van der Waals surface area contributed by atoms with Crippen molar-refractivity contribution in [3.05, 3.63) is 12.4 Å². The molecule has 1 aromatic rings. The number of halogens is 3. The van der Waals surface area contributed by atoms with Gasteiger partial charge in [-0.1, -0.05) is 0 Å². The van der Waals surface area contributed by atoms with Crippen LogP contribution in [0.4, 0.5) is 24.8 Å². The summed E-state index contributed by atoms with van der Waals surface area (Å²) in [5.41, 5.74) is 0. The number of hydrogen-bond donors (Lipinski definition) is 1. The third-order valence-corrected chi connectivity index (χ3v) is 3.16. The monoisotopic (exact) mass is 260 g/mol. The molecule has 100 valence electrons. The van der Waals surface area contributed by atoms with Gasteiger partial charge in [0.15, 0.2) is 0 Å². The van der Waals surface area contributed by atoms with Gasteiger partial charge in [-0.3, -0.25) is 4.98 Å². The van der Waals surface area contributed by atoms with E-state index in [-0.39, 0.29) is 12.8 Å². The first-order valence-electron chi connectivity index (χ1n) is 5.82. The van der Waals surface area contributed by atoms with Crippen molar-refractivity contribution in [2.24, 2.45) is 5.92 Å². The van der Waals surface area contributed by atoms with Crippen molar-refractivity contribution in [3.8, 4) is 0 Å². The SMILES string of the molecule is CNc1cncc(N2CCC(C(F)(F)F)CC2)n1. The Balaban J connectivity index is 2.01. The molecule has 1 saturated heterocycles.